The van der Waals surface area contributed by atoms with Crippen LogP contribution in [0, 0.1) is 6.92 Å². The number of rotatable bonds is 2. The zero-order valence-corrected chi connectivity index (χ0v) is 11.0. The fourth-order valence-corrected chi connectivity index (χ4v) is 2.03. The lowest BCUT2D eigenvalue weighted by Gasteiger charge is -2.13. The number of aromatic nitrogens is 2. The summed E-state index contributed by atoms with van der Waals surface area (Å²) in [5, 5.41) is 3.69. The van der Waals surface area contributed by atoms with E-state index in [4.69, 9.17) is 0 Å². The zero-order valence-electron chi connectivity index (χ0n) is 11.0. The average Bonchev–Trinajstić information content (AvgIpc) is 2.71. The first-order valence-corrected chi connectivity index (χ1v) is 6.04. The number of hydrogen-bond donors (Lipinski definition) is 0. The van der Waals surface area contributed by atoms with Gasteiger partial charge in [-0.05, 0) is 30.5 Å². The monoisotopic (exact) mass is 268 g/mol. The van der Waals surface area contributed by atoms with Crippen molar-refractivity contribution in [3.05, 3.63) is 47.3 Å². The van der Waals surface area contributed by atoms with Crippen LogP contribution < -0.4 is 0 Å². The number of alkyl halides is 3. The van der Waals surface area contributed by atoms with Gasteiger partial charge in [-0.25, -0.2) is 4.68 Å². The van der Waals surface area contributed by atoms with Crippen molar-refractivity contribution in [3.8, 4) is 5.69 Å². The Bertz CT molecular complexity index is 583. The number of hydrogen-bond acceptors (Lipinski definition) is 1. The highest BCUT2D eigenvalue weighted by Gasteiger charge is 2.34. The second-order valence-electron chi connectivity index (χ2n) is 4.79. The quantitative estimate of drug-likeness (QED) is 0.793. The molecule has 5 heteroatoms. The Kier molecular flexibility index (Phi) is 3.39. The van der Waals surface area contributed by atoms with Crippen LogP contribution in [0.2, 0.25) is 0 Å². The Morgan fingerprint density at radius 1 is 1.16 bits per heavy atom. The van der Waals surface area contributed by atoms with Gasteiger partial charge in [0.1, 0.15) is 0 Å². The molecule has 0 saturated carbocycles. The topological polar surface area (TPSA) is 17.8 Å². The third kappa shape index (κ3) is 2.64. The van der Waals surface area contributed by atoms with E-state index in [0.717, 1.165) is 11.6 Å². The minimum atomic E-state index is -4.41. The lowest BCUT2D eigenvalue weighted by molar-refractivity contribution is -0.141. The molecule has 102 valence electrons. The summed E-state index contributed by atoms with van der Waals surface area (Å²) in [4.78, 5) is 0. The van der Waals surface area contributed by atoms with Crippen molar-refractivity contribution in [2.75, 3.05) is 0 Å². The summed E-state index contributed by atoms with van der Waals surface area (Å²) in [6.45, 7) is 5.63. The first-order chi connectivity index (χ1) is 8.80. The van der Waals surface area contributed by atoms with Gasteiger partial charge in [0.05, 0.1) is 5.69 Å². The summed E-state index contributed by atoms with van der Waals surface area (Å²) in [6, 6.07) is 8.44. The Morgan fingerprint density at radius 3 is 2.32 bits per heavy atom. The van der Waals surface area contributed by atoms with E-state index in [2.05, 4.69) is 5.10 Å². The number of aryl methyl sites for hydroxylation is 1. The lowest BCUT2D eigenvalue weighted by atomic mass is 10.0. The maximum atomic E-state index is 12.7. The highest BCUT2D eigenvalue weighted by atomic mass is 19.4. The van der Waals surface area contributed by atoms with E-state index in [1.807, 2.05) is 26.0 Å². The van der Waals surface area contributed by atoms with E-state index < -0.39 is 11.9 Å². The van der Waals surface area contributed by atoms with Gasteiger partial charge in [0, 0.05) is 5.69 Å². The number of halogens is 3. The molecule has 0 atom stereocenters. The van der Waals surface area contributed by atoms with Crippen molar-refractivity contribution >= 4 is 0 Å². The normalized spacial score (nSPS) is 12.2. The lowest BCUT2D eigenvalue weighted by Crippen LogP contribution is -2.09. The van der Waals surface area contributed by atoms with Crippen LogP contribution in [-0.4, -0.2) is 9.78 Å². The standard InChI is InChI=1S/C14H15F3N2/c1-9(2)11-6-4-5-7-12(11)19-10(3)8-13(18-19)14(15,16)17/h4-9H,1-3H3. The van der Waals surface area contributed by atoms with Gasteiger partial charge < -0.3 is 0 Å². The van der Waals surface area contributed by atoms with Gasteiger partial charge in [-0.15, -0.1) is 0 Å². The van der Waals surface area contributed by atoms with Crippen LogP contribution in [0.4, 0.5) is 13.2 Å². The van der Waals surface area contributed by atoms with Gasteiger partial charge in [-0.3, -0.25) is 0 Å². The summed E-state index contributed by atoms with van der Waals surface area (Å²) >= 11 is 0. The van der Waals surface area contributed by atoms with Gasteiger partial charge in [0.15, 0.2) is 5.69 Å². The Morgan fingerprint density at radius 2 is 1.79 bits per heavy atom. The third-order valence-electron chi connectivity index (χ3n) is 2.96. The Labute approximate surface area is 109 Å². The molecule has 0 radical (unpaired) electrons. The van der Waals surface area contributed by atoms with E-state index in [1.54, 1.807) is 19.1 Å². The molecule has 0 N–H and O–H groups in total. The molecular formula is C14H15F3N2. The average molecular weight is 268 g/mol. The molecule has 2 nitrogen and oxygen atoms in total. The molecule has 2 aromatic rings. The predicted molar refractivity (Wildman–Crippen MR) is 67.4 cm³/mol. The van der Waals surface area contributed by atoms with Crippen LogP contribution in [0.1, 0.15) is 36.7 Å². The maximum absolute atomic E-state index is 12.7. The second-order valence-corrected chi connectivity index (χ2v) is 4.79. The molecule has 0 saturated heterocycles. The van der Waals surface area contributed by atoms with E-state index in [0.29, 0.717) is 11.4 Å². The molecule has 0 amide bonds. The molecule has 0 aliphatic heterocycles. The molecule has 0 aliphatic rings. The van der Waals surface area contributed by atoms with Gasteiger partial charge in [0.25, 0.3) is 0 Å². The highest BCUT2D eigenvalue weighted by molar-refractivity contribution is 5.43. The van der Waals surface area contributed by atoms with Crippen LogP contribution in [-0.2, 0) is 6.18 Å². The van der Waals surface area contributed by atoms with Gasteiger partial charge in [0.2, 0.25) is 0 Å². The summed E-state index contributed by atoms with van der Waals surface area (Å²) in [7, 11) is 0. The number of nitrogens with zero attached hydrogens (tertiary/aromatic N) is 2. The second kappa shape index (κ2) is 4.72. The van der Waals surface area contributed by atoms with Crippen LogP contribution in [0.15, 0.2) is 30.3 Å². The van der Waals surface area contributed by atoms with Crippen LogP contribution in [0.5, 0.6) is 0 Å². The van der Waals surface area contributed by atoms with Crippen LogP contribution in [0.25, 0.3) is 5.69 Å². The number of para-hydroxylation sites is 1. The van der Waals surface area contributed by atoms with Crippen LogP contribution in [0.3, 0.4) is 0 Å². The van der Waals surface area contributed by atoms with Crippen LogP contribution >= 0.6 is 0 Å². The molecule has 2 rings (SSSR count). The van der Waals surface area contributed by atoms with E-state index >= 15 is 0 Å². The molecule has 0 aliphatic carbocycles. The van der Waals surface area contributed by atoms with Gasteiger partial charge in [-0.1, -0.05) is 32.0 Å². The van der Waals surface area contributed by atoms with Crippen molar-refractivity contribution in [2.24, 2.45) is 0 Å². The fourth-order valence-electron chi connectivity index (χ4n) is 2.03. The van der Waals surface area contributed by atoms with Crippen molar-refractivity contribution in [1.82, 2.24) is 9.78 Å². The molecule has 1 heterocycles. The van der Waals surface area contributed by atoms with Gasteiger partial charge in [-0.2, -0.15) is 18.3 Å². The van der Waals surface area contributed by atoms with Gasteiger partial charge >= 0.3 is 6.18 Å². The molecular weight excluding hydrogens is 253 g/mol. The van der Waals surface area contributed by atoms with E-state index in [1.165, 1.54) is 4.68 Å². The molecule has 19 heavy (non-hydrogen) atoms. The van der Waals surface area contributed by atoms with Crippen molar-refractivity contribution in [1.29, 1.82) is 0 Å². The molecule has 0 bridgehead atoms. The summed E-state index contributed by atoms with van der Waals surface area (Å²) in [5.74, 6) is 0.217. The maximum Gasteiger partial charge on any atom is 0.435 e. The van der Waals surface area contributed by atoms with E-state index in [9.17, 15) is 13.2 Å². The Balaban J connectivity index is 2.57. The fraction of sp³-hybridized carbons (Fsp3) is 0.357. The summed E-state index contributed by atoms with van der Waals surface area (Å²) in [6.07, 6.45) is -4.41. The zero-order chi connectivity index (χ0) is 14.2. The van der Waals surface area contributed by atoms with Crippen molar-refractivity contribution in [2.45, 2.75) is 32.9 Å². The summed E-state index contributed by atoms with van der Waals surface area (Å²) < 4.78 is 39.4. The molecule has 0 fully saturated rings. The van der Waals surface area contributed by atoms with Crippen molar-refractivity contribution in [3.63, 3.8) is 0 Å². The first-order valence-electron chi connectivity index (χ1n) is 6.04. The Hall–Kier alpha value is -1.78. The molecule has 0 spiro atoms. The minimum absolute atomic E-state index is 0.217. The molecule has 1 aromatic carbocycles. The number of benzene rings is 1. The first kappa shape index (κ1) is 13.6. The SMILES string of the molecule is Cc1cc(C(F)(F)F)nn1-c1ccccc1C(C)C. The van der Waals surface area contributed by atoms with Crippen molar-refractivity contribution < 1.29 is 13.2 Å². The largest absolute Gasteiger partial charge is 0.435 e. The smallest absolute Gasteiger partial charge is 0.237 e. The predicted octanol–water partition coefficient (Wildman–Crippen LogP) is 4.32. The third-order valence-corrected chi connectivity index (χ3v) is 2.96. The summed E-state index contributed by atoms with van der Waals surface area (Å²) in [5.41, 5.74) is 1.29. The van der Waals surface area contributed by atoms with E-state index in [-0.39, 0.29) is 5.92 Å². The molecule has 0 unspecified atom stereocenters. The molecule has 1 aromatic heterocycles. The minimum Gasteiger partial charge on any atom is -0.237 e. The highest BCUT2D eigenvalue weighted by Crippen LogP contribution is 2.30.